The van der Waals surface area contributed by atoms with Crippen LogP contribution in [-0.2, 0) is 0 Å². The van der Waals surface area contributed by atoms with Crippen LogP contribution in [0, 0.1) is 0 Å². The number of hydrogen-bond acceptors (Lipinski definition) is 7. The first kappa shape index (κ1) is 16.8. The molecular formula is C19H22N8O. The zero-order valence-electron chi connectivity index (χ0n) is 15.2. The van der Waals surface area contributed by atoms with Crippen molar-refractivity contribution in [3.05, 3.63) is 30.6 Å². The first-order valence-corrected chi connectivity index (χ1v) is 9.48. The molecule has 4 aromatic rings. The second-order valence-electron chi connectivity index (χ2n) is 7.29. The molecule has 0 spiro atoms. The molecule has 0 amide bonds. The van der Waals surface area contributed by atoms with E-state index in [0.29, 0.717) is 22.7 Å². The van der Waals surface area contributed by atoms with E-state index in [1.54, 1.807) is 12.4 Å². The summed E-state index contributed by atoms with van der Waals surface area (Å²) < 4.78 is 0. The lowest BCUT2D eigenvalue weighted by Crippen LogP contribution is -2.42. The Labute approximate surface area is 160 Å². The fraction of sp³-hybridized carbons (Fsp3) is 0.316. The Balaban J connectivity index is 1.51. The Morgan fingerprint density at radius 1 is 1.18 bits per heavy atom. The third kappa shape index (κ3) is 2.99. The van der Waals surface area contributed by atoms with Gasteiger partial charge in [-0.15, -0.1) is 0 Å². The molecule has 0 aliphatic heterocycles. The fourth-order valence-electron chi connectivity index (χ4n) is 3.84. The van der Waals surface area contributed by atoms with E-state index in [1.165, 1.54) is 0 Å². The lowest BCUT2D eigenvalue weighted by Gasteiger charge is -2.29. The lowest BCUT2D eigenvalue weighted by atomic mass is 9.91. The van der Waals surface area contributed by atoms with Crippen molar-refractivity contribution >= 4 is 39.3 Å². The zero-order valence-corrected chi connectivity index (χ0v) is 15.2. The van der Waals surface area contributed by atoms with Crippen LogP contribution in [0.4, 0.5) is 17.5 Å². The molecule has 1 aliphatic carbocycles. The zero-order chi connectivity index (χ0) is 19.1. The van der Waals surface area contributed by atoms with Crippen molar-refractivity contribution in [2.45, 2.75) is 37.8 Å². The molecule has 0 unspecified atom stereocenters. The summed E-state index contributed by atoms with van der Waals surface area (Å²) in [5.74, 6) is 1.05. The van der Waals surface area contributed by atoms with Gasteiger partial charge in [0.25, 0.3) is 0 Å². The molecule has 0 bridgehead atoms. The summed E-state index contributed by atoms with van der Waals surface area (Å²) >= 11 is 0. The van der Waals surface area contributed by atoms with E-state index in [0.717, 1.165) is 42.3 Å². The monoisotopic (exact) mass is 378 g/mol. The van der Waals surface area contributed by atoms with Crippen molar-refractivity contribution in [1.82, 2.24) is 25.1 Å². The summed E-state index contributed by atoms with van der Waals surface area (Å²) in [6.45, 7) is 0. The maximum atomic E-state index is 10.2. The Bertz CT molecular complexity index is 1130. The molecule has 0 radical (unpaired) electrons. The van der Waals surface area contributed by atoms with Crippen LogP contribution in [0.1, 0.15) is 25.7 Å². The van der Waals surface area contributed by atoms with E-state index in [9.17, 15) is 5.11 Å². The summed E-state index contributed by atoms with van der Waals surface area (Å²) in [5, 5.41) is 25.5. The van der Waals surface area contributed by atoms with Crippen molar-refractivity contribution in [2.75, 3.05) is 10.6 Å². The fourth-order valence-corrected chi connectivity index (χ4v) is 3.84. The highest BCUT2D eigenvalue weighted by Gasteiger charge is 2.23. The second-order valence-corrected chi connectivity index (χ2v) is 7.29. The van der Waals surface area contributed by atoms with Gasteiger partial charge in [0.15, 0.2) is 0 Å². The largest absolute Gasteiger partial charge is 0.494 e. The van der Waals surface area contributed by atoms with E-state index >= 15 is 0 Å². The smallest absolute Gasteiger partial charge is 0.225 e. The van der Waals surface area contributed by atoms with Gasteiger partial charge in [-0.25, -0.2) is 4.98 Å². The van der Waals surface area contributed by atoms with Crippen LogP contribution in [0.25, 0.3) is 21.8 Å². The highest BCUT2D eigenvalue weighted by atomic mass is 16.3. The minimum absolute atomic E-state index is 0.0287. The summed E-state index contributed by atoms with van der Waals surface area (Å²) in [4.78, 5) is 12.0. The van der Waals surface area contributed by atoms with E-state index in [2.05, 4.69) is 35.8 Å². The number of hydrogen-bond donors (Lipinski definition) is 6. The van der Waals surface area contributed by atoms with Gasteiger partial charge in [0, 0.05) is 29.4 Å². The minimum atomic E-state index is 0.0287. The summed E-state index contributed by atoms with van der Waals surface area (Å²) in [5.41, 5.74) is 8.64. The molecule has 28 heavy (non-hydrogen) atoms. The number of aromatic hydroxyl groups is 1. The Morgan fingerprint density at radius 2 is 2.07 bits per heavy atom. The predicted molar refractivity (Wildman–Crippen MR) is 109 cm³/mol. The number of nitrogens with two attached hydrogens (primary N) is 1. The summed E-state index contributed by atoms with van der Waals surface area (Å²) in [6, 6.07) is 6.10. The van der Waals surface area contributed by atoms with Gasteiger partial charge >= 0.3 is 0 Å². The maximum Gasteiger partial charge on any atom is 0.225 e. The molecule has 0 saturated heterocycles. The highest BCUT2D eigenvalue weighted by Crippen LogP contribution is 2.32. The van der Waals surface area contributed by atoms with Crippen LogP contribution in [0.15, 0.2) is 30.6 Å². The van der Waals surface area contributed by atoms with Crippen LogP contribution >= 0.6 is 0 Å². The van der Waals surface area contributed by atoms with Crippen molar-refractivity contribution < 1.29 is 5.11 Å². The number of fused-ring (bicyclic) bond motifs is 2. The maximum absolute atomic E-state index is 10.2. The molecule has 9 heteroatoms. The molecule has 2 atom stereocenters. The number of benzene rings is 1. The standard InChI is InChI=1S/C19H22N8O/c20-12-3-1-2-4-13(12)24-19-25-15-9-21-18(28)16(15)17(26-19)23-11-6-5-10-8-22-27-14(10)7-11/h5-9,12-13,21,28H,1-4,20H2,(H,22,27)(H2,23,24,25,26)/t12-,13+/m0/s1. The van der Waals surface area contributed by atoms with Gasteiger partial charge in [-0.3, -0.25) is 5.10 Å². The quantitative estimate of drug-likeness (QED) is 0.321. The number of aromatic nitrogens is 5. The molecule has 9 nitrogen and oxygen atoms in total. The summed E-state index contributed by atoms with van der Waals surface area (Å²) in [6.07, 6.45) is 7.75. The van der Waals surface area contributed by atoms with Crippen LogP contribution in [0.2, 0.25) is 0 Å². The molecule has 3 aromatic heterocycles. The summed E-state index contributed by atoms with van der Waals surface area (Å²) in [7, 11) is 0. The third-order valence-corrected chi connectivity index (χ3v) is 5.36. The van der Waals surface area contributed by atoms with E-state index in [1.807, 2.05) is 18.2 Å². The first-order valence-electron chi connectivity index (χ1n) is 9.48. The molecule has 144 valence electrons. The minimum Gasteiger partial charge on any atom is -0.494 e. The molecule has 1 fully saturated rings. The Kier molecular flexibility index (Phi) is 4.01. The average molecular weight is 378 g/mol. The van der Waals surface area contributed by atoms with Crippen LogP contribution in [-0.4, -0.2) is 42.3 Å². The van der Waals surface area contributed by atoms with Crippen LogP contribution in [0.5, 0.6) is 5.88 Å². The molecule has 1 aliphatic rings. The molecule has 5 rings (SSSR count). The lowest BCUT2D eigenvalue weighted by molar-refractivity contribution is 0.402. The number of nitrogens with zero attached hydrogens (tertiary/aromatic N) is 3. The van der Waals surface area contributed by atoms with E-state index in [-0.39, 0.29) is 18.0 Å². The number of rotatable bonds is 4. The Morgan fingerprint density at radius 3 is 2.96 bits per heavy atom. The normalized spacial score (nSPS) is 19.9. The van der Waals surface area contributed by atoms with Crippen molar-refractivity contribution in [3.63, 3.8) is 0 Å². The predicted octanol–water partition coefficient (Wildman–Crippen LogP) is 2.97. The van der Waals surface area contributed by atoms with Gasteiger partial charge in [-0.1, -0.05) is 12.8 Å². The van der Waals surface area contributed by atoms with Gasteiger partial charge in [0.05, 0.1) is 17.2 Å². The Hall–Kier alpha value is -3.33. The van der Waals surface area contributed by atoms with E-state index in [4.69, 9.17) is 5.73 Å². The number of H-pyrrole nitrogens is 2. The van der Waals surface area contributed by atoms with Gasteiger partial charge in [-0.2, -0.15) is 10.1 Å². The molecule has 7 N–H and O–H groups in total. The molecule has 1 saturated carbocycles. The van der Waals surface area contributed by atoms with Crippen LogP contribution < -0.4 is 16.4 Å². The number of nitrogens with one attached hydrogen (secondary N) is 4. The van der Waals surface area contributed by atoms with Crippen molar-refractivity contribution in [2.24, 2.45) is 5.73 Å². The van der Waals surface area contributed by atoms with E-state index < -0.39 is 0 Å². The average Bonchev–Trinajstić information content (AvgIpc) is 3.30. The van der Waals surface area contributed by atoms with Crippen molar-refractivity contribution in [1.29, 1.82) is 0 Å². The number of aromatic amines is 2. The molecule has 1 aromatic carbocycles. The number of anilines is 3. The topological polar surface area (TPSA) is 141 Å². The molecule has 3 heterocycles. The van der Waals surface area contributed by atoms with Gasteiger partial charge in [-0.05, 0) is 31.0 Å². The first-order chi connectivity index (χ1) is 13.7. The van der Waals surface area contributed by atoms with Gasteiger partial charge in [0.2, 0.25) is 11.8 Å². The highest BCUT2D eigenvalue weighted by molar-refractivity contribution is 5.96. The van der Waals surface area contributed by atoms with Gasteiger partial charge < -0.3 is 26.5 Å². The third-order valence-electron chi connectivity index (χ3n) is 5.36. The van der Waals surface area contributed by atoms with Crippen LogP contribution in [0.3, 0.4) is 0 Å². The second kappa shape index (κ2) is 6.68. The molecular weight excluding hydrogens is 356 g/mol. The van der Waals surface area contributed by atoms with Crippen molar-refractivity contribution in [3.8, 4) is 5.88 Å². The SMILES string of the molecule is N[C@H]1CCCC[C@H]1Nc1nc(Nc2ccc3cn[nH]c3c2)c2c(O)[nH]cc2n1. The van der Waals surface area contributed by atoms with Gasteiger partial charge in [0.1, 0.15) is 11.2 Å².